The molecule has 0 saturated carbocycles. The molecular formula is C10H8ClNO3. The van der Waals surface area contributed by atoms with Gasteiger partial charge in [-0.3, -0.25) is 10.1 Å². The summed E-state index contributed by atoms with van der Waals surface area (Å²) in [4.78, 5) is 22.4. The summed E-state index contributed by atoms with van der Waals surface area (Å²) in [5, 5.41) is 2.65. The third kappa shape index (κ3) is 1.57. The fourth-order valence-corrected chi connectivity index (χ4v) is 1.55. The molecule has 1 N–H and O–H groups in total. The molecule has 0 spiro atoms. The van der Waals surface area contributed by atoms with Crippen LogP contribution in [-0.4, -0.2) is 12.0 Å². The number of amides is 2. The number of hydrogen-bond donors (Lipinski definition) is 1. The Morgan fingerprint density at radius 3 is 2.33 bits per heavy atom. The molecule has 1 aliphatic rings. The van der Waals surface area contributed by atoms with Crippen LogP contribution in [0.5, 0.6) is 0 Å². The van der Waals surface area contributed by atoms with Crippen LogP contribution in [0.4, 0.5) is 4.79 Å². The van der Waals surface area contributed by atoms with Gasteiger partial charge in [-0.05, 0) is 19.1 Å². The van der Waals surface area contributed by atoms with Gasteiger partial charge in [0.1, 0.15) is 0 Å². The van der Waals surface area contributed by atoms with Gasteiger partial charge in [0.25, 0.3) is 5.91 Å². The summed E-state index contributed by atoms with van der Waals surface area (Å²) in [7, 11) is 0. The van der Waals surface area contributed by atoms with E-state index in [0.717, 1.165) is 0 Å². The van der Waals surface area contributed by atoms with Crippen molar-refractivity contribution in [3.63, 3.8) is 0 Å². The Labute approximate surface area is 91.2 Å². The minimum absolute atomic E-state index is 0.463. The van der Waals surface area contributed by atoms with Crippen LogP contribution in [0.25, 0.3) is 0 Å². The first-order chi connectivity index (χ1) is 7.02. The highest BCUT2D eigenvalue weighted by atomic mass is 35.5. The first-order valence-electron chi connectivity index (χ1n) is 4.33. The Morgan fingerprint density at radius 2 is 1.87 bits per heavy atom. The molecule has 2 amide bonds. The number of nitrogens with one attached hydrogen (secondary N) is 1. The Hall–Kier alpha value is -1.55. The molecule has 0 radical (unpaired) electrons. The Balaban J connectivity index is 2.41. The summed E-state index contributed by atoms with van der Waals surface area (Å²) in [5.41, 5.74) is -0.656. The van der Waals surface area contributed by atoms with Gasteiger partial charge in [0, 0.05) is 10.6 Å². The second-order valence-corrected chi connectivity index (χ2v) is 3.82. The lowest BCUT2D eigenvalue weighted by atomic mass is 9.96. The van der Waals surface area contributed by atoms with Gasteiger partial charge in [0.15, 0.2) is 0 Å². The van der Waals surface area contributed by atoms with Crippen LogP contribution in [0.15, 0.2) is 24.3 Å². The molecule has 1 aromatic carbocycles. The Morgan fingerprint density at radius 1 is 1.27 bits per heavy atom. The van der Waals surface area contributed by atoms with Gasteiger partial charge in [0.05, 0.1) is 0 Å². The summed E-state index contributed by atoms with van der Waals surface area (Å²) in [6.45, 7) is 1.54. The first kappa shape index (κ1) is 9.98. The van der Waals surface area contributed by atoms with Gasteiger partial charge in [-0.15, -0.1) is 0 Å². The smallest absolute Gasteiger partial charge is 0.415 e. The number of ether oxygens (including phenoxy) is 1. The molecule has 0 bridgehead atoms. The molecule has 0 aromatic heterocycles. The number of alkyl carbamates (subject to hydrolysis) is 1. The predicted molar refractivity (Wildman–Crippen MR) is 53.4 cm³/mol. The van der Waals surface area contributed by atoms with Gasteiger partial charge in [0.2, 0.25) is 5.60 Å². The van der Waals surface area contributed by atoms with E-state index in [9.17, 15) is 9.59 Å². The number of cyclic esters (lactones) is 1. The van der Waals surface area contributed by atoms with Crippen LogP contribution in [0.1, 0.15) is 12.5 Å². The second kappa shape index (κ2) is 3.24. The van der Waals surface area contributed by atoms with E-state index in [4.69, 9.17) is 16.3 Å². The van der Waals surface area contributed by atoms with Crippen LogP contribution in [0, 0.1) is 0 Å². The van der Waals surface area contributed by atoms with Crippen molar-refractivity contribution in [1.82, 2.24) is 5.32 Å². The molecule has 0 aliphatic carbocycles. The number of carbonyl (C=O) groups is 2. The van der Waals surface area contributed by atoms with Crippen molar-refractivity contribution in [2.75, 3.05) is 0 Å². The zero-order valence-corrected chi connectivity index (χ0v) is 8.67. The molecule has 1 unspecified atom stereocenters. The lowest BCUT2D eigenvalue weighted by Crippen LogP contribution is -2.33. The summed E-state index contributed by atoms with van der Waals surface area (Å²) >= 11 is 5.72. The third-order valence-corrected chi connectivity index (χ3v) is 2.59. The van der Waals surface area contributed by atoms with Crippen LogP contribution in [-0.2, 0) is 15.1 Å². The predicted octanol–water partition coefficient (Wildman–Crippen LogP) is 1.82. The van der Waals surface area contributed by atoms with Crippen molar-refractivity contribution in [1.29, 1.82) is 0 Å². The fraction of sp³-hybridized carbons (Fsp3) is 0.200. The molecule has 1 atom stereocenters. The molecule has 5 heteroatoms. The number of rotatable bonds is 1. The lowest BCUT2D eigenvalue weighted by Gasteiger charge is -2.19. The molecule has 4 nitrogen and oxygen atoms in total. The fourth-order valence-electron chi connectivity index (χ4n) is 1.43. The maximum Gasteiger partial charge on any atom is 0.415 e. The number of carbonyl (C=O) groups excluding carboxylic acids is 2. The van der Waals surface area contributed by atoms with Crippen molar-refractivity contribution >= 4 is 23.6 Å². The average Bonchev–Trinajstić information content (AvgIpc) is 2.42. The van der Waals surface area contributed by atoms with Gasteiger partial charge >= 0.3 is 6.09 Å². The van der Waals surface area contributed by atoms with Crippen molar-refractivity contribution in [3.8, 4) is 0 Å². The largest absolute Gasteiger partial charge is 0.428 e. The molecule has 15 heavy (non-hydrogen) atoms. The van der Waals surface area contributed by atoms with Gasteiger partial charge < -0.3 is 4.74 Å². The number of imide groups is 1. The molecule has 2 rings (SSSR count). The van der Waals surface area contributed by atoms with E-state index in [-0.39, 0.29) is 0 Å². The summed E-state index contributed by atoms with van der Waals surface area (Å²) in [6.07, 6.45) is -0.725. The quantitative estimate of drug-likeness (QED) is 0.793. The Bertz CT molecular complexity index is 429. The number of benzene rings is 1. The monoisotopic (exact) mass is 225 g/mol. The van der Waals surface area contributed by atoms with E-state index >= 15 is 0 Å². The molecular weight excluding hydrogens is 218 g/mol. The van der Waals surface area contributed by atoms with Gasteiger partial charge in [-0.2, -0.15) is 0 Å². The standard InChI is InChI=1S/C10H8ClNO3/c1-10(8(13)12-9(14)15-10)6-2-4-7(11)5-3-6/h2-5H,1H3,(H,12,13,14). The lowest BCUT2D eigenvalue weighted by molar-refractivity contribution is -0.130. The van der Waals surface area contributed by atoms with E-state index in [1.54, 1.807) is 24.3 Å². The average molecular weight is 226 g/mol. The first-order valence-corrected chi connectivity index (χ1v) is 4.70. The molecule has 1 fully saturated rings. The minimum atomic E-state index is -1.25. The minimum Gasteiger partial charge on any atom is -0.428 e. The second-order valence-electron chi connectivity index (χ2n) is 3.38. The zero-order chi connectivity index (χ0) is 11.1. The highest BCUT2D eigenvalue weighted by Crippen LogP contribution is 2.30. The van der Waals surface area contributed by atoms with E-state index in [0.29, 0.717) is 10.6 Å². The van der Waals surface area contributed by atoms with Gasteiger partial charge in [-0.25, -0.2) is 4.79 Å². The normalized spacial score (nSPS) is 24.9. The summed E-state index contributed by atoms with van der Waals surface area (Å²) in [5.74, 6) is -0.463. The van der Waals surface area contributed by atoms with E-state index in [2.05, 4.69) is 5.32 Å². The maximum absolute atomic E-state index is 11.5. The van der Waals surface area contributed by atoms with Crippen molar-refractivity contribution < 1.29 is 14.3 Å². The molecule has 1 heterocycles. The van der Waals surface area contributed by atoms with E-state index in [1.807, 2.05) is 0 Å². The van der Waals surface area contributed by atoms with E-state index < -0.39 is 17.6 Å². The third-order valence-electron chi connectivity index (χ3n) is 2.34. The maximum atomic E-state index is 11.5. The van der Waals surface area contributed by atoms with Crippen LogP contribution in [0.2, 0.25) is 5.02 Å². The topological polar surface area (TPSA) is 55.4 Å². The highest BCUT2D eigenvalue weighted by Gasteiger charge is 2.46. The van der Waals surface area contributed by atoms with Crippen LogP contribution in [0.3, 0.4) is 0 Å². The van der Waals surface area contributed by atoms with E-state index in [1.165, 1.54) is 6.92 Å². The summed E-state index contributed by atoms with van der Waals surface area (Å²) < 4.78 is 4.94. The van der Waals surface area contributed by atoms with Crippen LogP contribution >= 0.6 is 11.6 Å². The molecule has 1 saturated heterocycles. The van der Waals surface area contributed by atoms with Crippen LogP contribution < -0.4 is 5.32 Å². The molecule has 1 aromatic rings. The number of hydrogen-bond acceptors (Lipinski definition) is 3. The summed E-state index contributed by atoms with van der Waals surface area (Å²) in [6, 6.07) is 6.59. The van der Waals surface area contributed by atoms with Gasteiger partial charge in [-0.1, -0.05) is 23.7 Å². The number of halogens is 1. The van der Waals surface area contributed by atoms with Crippen molar-refractivity contribution in [2.45, 2.75) is 12.5 Å². The SMILES string of the molecule is CC1(c2ccc(Cl)cc2)OC(=O)NC1=O. The molecule has 1 aliphatic heterocycles. The molecule has 78 valence electrons. The highest BCUT2D eigenvalue weighted by molar-refractivity contribution is 6.30. The van der Waals surface area contributed by atoms with Crippen molar-refractivity contribution in [2.24, 2.45) is 0 Å². The Kier molecular flexibility index (Phi) is 2.16. The zero-order valence-electron chi connectivity index (χ0n) is 7.91. The van der Waals surface area contributed by atoms with Crippen molar-refractivity contribution in [3.05, 3.63) is 34.9 Å².